The lowest BCUT2D eigenvalue weighted by Gasteiger charge is -2.08. The zero-order chi connectivity index (χ0) is 18.1. The van der Waals surface area contributed by atoms with Crippen LogP contribution in [-0.4, -0.2) is 18.2 Å². The number of hydrogen-bond donors (Lipinski definition) is 1. The smallest absolute Gasteiger partial charge is 0.276 e. The van der Waals surface area contributed by atoms with E-state index in [1.807, 2.05) is 0 Å². The first-order valence-electron chi connectivity index (χ1n) is 6.99. The van der Waals surface area contributed by atoms with Gasteiger partial charge < -0.3 is 0 Å². The van der Waals surface area contributed by atoms with E-state index in [-0.39, 0.29) is 16.4 Å². The molecule has 132 valence electrons. The Morgan fingerprint density at radius 2 is 2.00 bits per heavy atom. The Bertz CT molecular complexity index is 964. The quantitative estimate of drug-likeness (QED) is 0.724. The summed E-state index contributed by atoms with van der Waals surface area (Å²) in [4.78, 5) is 0. The van der Waals surface area contributed by atoms with Crippen molar-refractivity contribution >= 4 is 27.0 Å². The number of thiophene rings is 1. The molecule has 2 aromatic heterocycles. The predicted molar refractivity (Wildman–Crippen MR) is 87.9 cm³/mol. The highest BCUT2D eigenvalue weighted by atomic mass is 32.2. The van der Waals surface area contributed by atoms with Crippen molar-refractivity contribution < 1.29 is 21.6 Å². The molecule has 0 unspecified atom stereocenters. The summed E-state index contributed by atoms with van der Waals surface area (Å²) < 4.78 is 66.4. The van der Waals surface area contributed by atoms with E-state index in [0.717, 1.165) is 23.5 Å². The summed E-state index contributed by atoms with van der Waals surface area (Å²) in [6.45, 7) is 0.0879. The van der Waals surface area contributed by atoms with Crippen LogP contribution in [0.1, 0.15) is 11.1 Å². The van der Waals surface area contributed by atoms with Gasteiger partial charge in [0.25, 0.3) is 10.0 Å². The van der Waals surface area contributed by atoms with Crippen LogP contribution >= 0.6 is 11.3 Å². The van der Waals surface area contributed by atoms with Crippen LogP contribution in [0.25, 0.3) is 0 Å². The minimum absolute atomic E-state index is 0.0879. The van der Waals surface area contributed by atoms with Crippen LogP contribution in [0.2, 0.25) is 0 Å². The van der Waals surface area contributed by atoms with Crippen molar-refractivity contribution in [2.75, 3.05) is 4.72 Å². The van der Waals surface area contributed by atoms with E-state index in [1.54, 1.807) is 17.5 Å². The number of anilines is 1. The molecule has 0 spiro atoms. The summed E-state index contributed by atoms with van der Waals surface area (Å²) in [6.07, 6.45) is -1.69. The first kappa shape index (κ1) is 17.5. The van der Waals surface area contributed by atoms with Gasteiger partial charge in [0.05, 0.1) is 24.0 Å². The summed E-state index contributed by atoms with van der Waals surface area (Å²) >= 11 is 1.08. The Balaban J connectivity index is 1.74. The highest BCUT2D eigenvalue weighted by molar-refractivity contribution is 7.94. The lowest BCUT2D eigenvalue weighted by atomic mass is 10.1. The molecule has 0 aliphatic heterocycles. The first-order valence-corrected chi connectivity index (χ1v) is 9.35. The highest BCUT2D eigenvalue weighted by Gasteiger charge is 2.30. The zero-order valence-electron chi connectivity index (χ0n) is 12.6. The molecule has 3 aromatic rings. The van der Waals surface area contributed by atoms with Crippen LogP contribution in [0.15, 0.2) is 58.4 Å². The third kappa shape index (κ3) is 4.20. The second-order valence-corrected chi connectivity index (χ2v) is 8.02. The summed E-state index contributed by atoms with van der Waals surface area (Å²) in [5, 5.41) is 5.63. The van der Waals surface area contributed by atoms with Crippen molar-refractivity contribution in [3.63, 3.8) is 0 Å². The second-order valence-electron chi connectivity index (χ2n) is 5.16. The van der Waals surface area contributed by atoms with E-state index in [9.17, 15) is 21.6 Å². The molecule has 0 bridgehead atoms. The summed E-state index contributed by atoms with van der Waals surface area (Å²) in [7, 11) is -3.69. The van der Waals surface area contributed by atoms with Gasteiger partial charge in [-0.3, -0.25) is 9.40 Å². The average Bonchev–Trinajstić information content (AvgIpc) is 3.18. The molecule has 1 N–H and O–H groups in total. The fourth-order valence-corrected chi connectivity index (χ4v) is 4.18. The number of halogens is 3. The molecule has 0 aliphatic carbocycles. The molecular formula is C15H12F3N3O2S2. The van der Waals surface area contributed by atoms with E-state index >= 15 is 0 Å². The monoisotopic (exact) mass is 387 g/mol. The fourth-order valence-electron chi connectivity index (χ4n) is 2.16. The van der Waals surface area contributed by atoms with Crippen LogP contribution in [0.4, 0.5) is 18.9 Å². The van der Waals surface area contributed by atoms with Gasteiger partial charge in [0, 0.05) is 6.20 Å². The van der Waals surface area contributed by atoms with Crippen LogP contribution in [0, 0.1) is 0 Å². The number of nitrogens with one attached hydrogen (secondary N) is 1. The second kappa shape index (κ2) is 6.52. The van der Waals surface area contributed by atoms with Gasteiger partial charge in [0.1, 0.15) is 4.21 Å². The molecule has 0 aliphatic rings. The third-order valence-electron chi connectivity index (χ3n) is 3.24. The molecule has 0 saturated carbocycles. The Labute approximate surface area is 145 Å². The van der Waals surface area contributed by atoms with Crippen molar-refractivity contribution in [1.82, 2.24) is 9.78 Å². The van der Waals surface area contributed by atoms with Crippen molar-refractivity contribution in [2.45, 2.75) is 16.9 Å². The minimum atomic E-state index is -4.42. The van der Waals surface area contributed by atoms with E-state index in [1.165, 1.54) is 29.2 Å². The van der Waals surface area contributed by atoms with Gasteiger partial charge in [-0.1, -0.05) is 18.2 Å². The molecule has 1 aromatic carbocycles. The number of benzene rings is 1. The fraction of sp³-hybridized carbons (Fsp3) is 0.133. The molecule has 2 heterocycles. The van der Waals surface area contributed by atoms with Crippen molar-refractivity contribution in [3.05, 3.63) is 65.3 Å². The van der Waals surface area contributed by atoms with Crippen molar-refractivity contribution in [3.8, 4) is 0 Å². The number of hydrogen-bond acceptors (Lipinski definition) is 4. The molecular weight excluding hydrogens is 375 g/mol. The van der Waals surface area contributed by atoms with Gasteiger partial charge in [0.15, 0.2) is 0 Å². The Morgan fingerprint density at radius 3 is 2.68 bits per heavy atom. The largest absolute Gasteiger partial charge is 0.416 e. The summed E-state index contributed by atoms with van der Waals surface area (Å²) in [6, 6.07) is 8.00. The highest BCUT2D eigenvalue weighted by Crippen LogP contribution is 2.29. The molecule has 0 amide bonds. The van der Waals surface area contributed by atoms with Crippen LogP contribution < -0.4 is 4.72 Å². The SMILES string of the molecule is O=S(=O)(Nc1cnn(Cc2cccc(C(F)(F)F)c2)c1)c1cccs1. The lowest BCUT2D eigenvalue weighted by Crippen LogP contribution is -2.11. The minimum Gasteiger partial charge on any atom is -0.276 e. The Kier molecular flexibility index (Phi) is 4.56. The van der Waals surface area contributed by atoms with Crippen LogP contribution in [-0.2, 0) is 22.7 Å². The maximum Gasteiger partial charge on any atom is 0.416 e. The Hall–Kier alpha value is -2.33. The maximum atomic E-state index is 12.7. The average molecular weight is 387 g/mol. The van der Waals surface area contributed by atoms with Gasteiger partial charge >= 0.3 is 6.18 Å². The van der Waals surface area contributed by atoms with Gasteiger partial charge in [-0.05, 0) is 29.1 Å². The number of nitrogens with zero attached hydrogens (tertiary/aromatic N) is 2. The van der Waals surface area contributed by atoms with Gasteiger partial charge in [-0.15, -0.1) is 11.3 Å². The van der Waals surface area contributed by atoms with Crippen LogP contribution in [0.5, 0.6) is 0 Å². The topological polar surface area (TPSA) is 64.0 Å². The van der Waals surface area contributed by atoms with E-state index < -0.39 is 21.8 Å². The molecule has 25 heavy (non-hydrogen) atoms. The normalized spacial score (nSPS) is 12.3. The lowest BCUT2D eigenvalue weighted by molar-refractivity contribution is -0.137. The zero-order valence-corrected chi connectivity index (χ0v) is 14.2. The molecule has 0 saturated heterocycles. The van der Waals surface area contributed by atoms with Crippen LogP contribution in [0.3, 0.4) is 0 Å². The standard InChI is InChI=1S/C15H12F3N3O2S2/c16-15(17,18)12-4-1-3-11(7-12)9-21-10-13(8-19-21)20-25(22,23)14-5-2-6-24-14/h1-8,10,20H,9H2. The number of alkyl halides is 3. The number of rotatable bonds is 5. The number of aromatic nitrogens is 2. The van der Waals surface area contributed by atoms with Gasteiger partial charge in [0.2, 0.25) is 0 Å². The van der Waals surface area contributed by atoms with Crippen molar-refractivity contribution in [2.24, 2.45) is 0 Å². The first-order chi connectivity index (χ1) is 11.7. The number of sulfonamides is 1. The molecule has 0 atom stereocenters. The van der Waals surface area contributed by atoms with E-state index in [4.69, 9.17) is 0 Å². The summed E-state index contributed by atoms with van der Waals surface area (Å²) in [5.41, 5.74) is -0.0956. The summed E-state index contributed by atoms with van der Waals surface area (Å²) in [5.74, 6) is 0. The Morgan fingerprint density at radius 1 is 1.20 bits per heavy atom. The molecule has 0 radical (unpaired) electrons. The molecule has 3 rings (SSSR count). The van der Waals surface area contributed by atoms with E-state index in [2.05, 4.69) is 9.82 Å². The van der Waals surface area contributed by atoms with Gasteiger partial charge in [-0.25, -0.2) is 8.42 Å². The predicted octanol–water partition coefficient (Wildman–Crippen LogP) is 3.81. The maximum absolute atomic E-state index is 12.7. The third-order valence-corrected chi connectivity index (χ3v) is 6.02. The molecule has 0 fully saturated rings. The molecule has 5 nitrogen and oxygen atoms in total. The molecule has 10 heteroatoms. The van der Waals surface area contributed by atoms with Crippen molar-refractivity contribution in [1.29, 1.82) is 0 Å². The van der Waals surface area contributed by atoms with E-state index in [0.29, 0.717) is 5.56 Å². The van der Waals surface area contributed by atoms with Gasteiger partial charge in [-0.2, -0.15) is 18.3 Å².